The summed E-state index contributed by atoms with van der Waals surface area (Å²) in [6.45, 7) is 7.46. The molecule has 2 aromatic rings. The minimum Gasteiger partial charge on any atom is -0.370 e. The van der Waals surface area contributed by atoms with E-state index in [-0.39, 0.29) is 5.91 Å². The summed E-state index contributed by atoms with van der Waals surface area (Å²) in [6.07, 6.45) is 0. The third-order valence-corrected chi connectivity index (χ3v) is 6.89. The lowest BCUT2D eigenvalue weighted by Gasteiger charge is -2.23. The van der Waals surface area contributed by atoms with Crippen LogP contribution in [0.2, 0.25) is 0 Å². The molecule has 1 aliphatic rings. The van der Waals surface area contributed by atoms with E-state index < -0.39 is 0 Å². The molecular weight excluding hydrogens is 386 g/mol. The van der Waals surface area contributed by atoms with Gasteiger partial charge in [0.25, 0.3) is 5.91 Å². The van der Waals surface area contributed by atoms with Gasteiger partial charge in [0.1, 0.15) is 4.38 Å². The minimum atomic E-state index is -0.00231. The number of nitrogens with zero attached hydrogens (tertiary/aromatic N) is 2. The first-order valence-electron chi connectivity index (χ1n) is 9.65. The van der Waals surface area contributed by atoms with Crippen LogP contribution in [0, 0.1) is 6.92 Å². The number of hydrogen-bond acceptors (Lipinski definition) is 5. The fourth-order valence-corrected chi connectivity index (χ4v) is 5.12. The number of carbonyl (C=O) groups excluding carboxylic acids is 1. The van der Waals surface area contributed by atoms with E-state index in [2.05, 4.69) is 53.3 Å². The van der Waals surface area contributed by atoms with E-state index >= 15 is 0 Å². The summed E-state index contributed by atoms with van der Waals surface area (Å²) in [5.41, 5.74) is 4.27. The third-order valence-electron chi connectivity index (χ3n) is 4.59. The van der Waals surface area contributed by atoms with E-state index in [4.69, 9.17) is 0 Å². The van der Waals surface area contributed by atoms with Gasteiger partial charge in [0.15, 0.2) is 0 Å². The molecule has 1 heterocycles. The molecule has 1 N–H and O–H groups in total. The maximum absolute atomic E-state index is 12.7. The van der Waals surface area contributed by atoms with E-state index in [0.29, 0.717) is 6.54 Å². The minimum absolute atomic E-state index is 0.00231. The first-order chi connectivity index (χ1) is 13.7. The molecule has 4 nitrogen and oxygen atoms in total. The monoisotopic (exact) mass is 413 g/mol. The van der Waals surface area contributed by atoms with Crippen LogP contribution in [0.25, 0.3) is 0 Å². The smallest absolute Gasteiger partial charge is 0.251 e. The molecule has 0 bridgehead atoms. The Balaban J connectivity index is 1.55. The van der Waals surface area contributed by atoms with Crippen LogP contribution < -0.4 is 10.2 Å². The predicted molar refractivity (Wildman–Crippen MR) is 124 cm³/mol. The molecule has 0 saturated carbocycles. The lowest BCUT2D eigenvalue weighted by molar-refractivity contribution is 0.0954. The highest BCUT2D eigenvalue weighted by molar-refractivity contribution is 8.38. The SMILES string of the molecule is CCN(CCNC(=O)c1ccccc1CSC1=NCCS1)c1cccc(C)c1. The lowest BCUT2D eigenvalue weighted by atomic mass is 10.1. The molecule has 0 radical (unpaired) electrons. The van der Waals surface area contributed by atoms with Crippen molar-refractivity contribution in [2.24, 2.45) is 4.99 Å². The number of thioether (sulfide) groups is 2. The van der Waals surface area contributed by atoms with Crippen LogP contribution in [0.1, 0.15) is 28.4 Å². The summed E-state index contributed by atoms with van der Waals surface area (Å²) in [6, 6.07) is 16.3. The molecule has 0 aliphatic carbocycles. The molecule has 28 heavy (non-hydrogen) atoms. The molecule has 148 valence electrons. The van der Waals surface area contributed by atoms with Gasteiger partial charge in [-0.05, 0) is 43.2 Å². The number of amides is 1. The summed E-state index contributed by atoms with van der Waals surface area (Å²) in [7, 11) is 0. The molecule has 0 aromatic heterocycles. The van der Waals surface area contributed by atoms with E-state index in [1.54, 1.807) is 23.5 Å². The Morgan fingerprint density at radius 1 is 1.25 bits per heavy atom. The number of benzene rings is 2. The second kappa shape index (κ2) is 10.6. The van der Waals surface area contributed by atoms with Gasteiger partial charge in [0.05, 0.1) is 6.54 Å². The molecule has 1 amide bonds. The van der Waals surface area contributed by atoms with Gasteiger partial charge >= 0.3 is 0 Å². The molecule has 2 aromatic carbocycles. The van der Waals surface area contributed by atoms with Crippen LogP contribution in [0.5, 0.6) is 0 Å². The van der Waals surface area contributed by atoms with E-state index in [1.807, 2.05) is 24.3 Å². The summed E-state index contributed by atoms with van der Waals surface area (Å²) in [4.78, 5) is 19.5. The number of aryl methyl sites for hydroxylation is 1. The average Bonchev–Trinajstić information content (AvgIpc) is 3.23. The third kappa shape index (κ3) is 5.79. The number of anilines is 1. The van der Waals surface area contributed by atoms with Gasteiger partial charge < -0.3 is 10.2 Å². The number of nitrogens with one attached hydrogen (secondary N) is 1. The van der Waals surface area contributed by atoms with E-state index in [1.165, 1.54) is 11.3 Å². The zero-order valence-electron chi connectivity index (χ0n) is 16.5. The van der Waals surface area contributed by atoms with Gasteiger partial charge in [-0.3, -0.25) is 9.79 Å². The zero-order valence-corrected chi connectivity index (χ0v) is 18.1. The van der Waals surface area contributed by atoms with Gasteiger partial charge in [-0.1, -0.05) is 53.9 Å². The van der Waals surface area contributed by atoms with Crippen molar-refractivity contribution in [2.45, 2.75) is 19.6 Å². The Morgan fingerprint density at radius 3 is 2.86 bits per heavy atom. The highest BCUT2D eigenvalue weighted by Crippen LogP contribution is 2.26. The van der Waals surface area contributed by atoms with Gasteiger partial charge in [0, 0.05) is 42.4 Å². The van der Waals surface area contributed by atoms with Crippen molar-refractivity contribution in [1.82, 2.24) is 5.32 Å². The maximum atomic E-state index is 12.7. The second-order valence-corrected chi connectivity index (χ2v) is 8.92. The predicted octanol–water partition coefficient (Wildman–Crippen LogP) is 4.59. The summed E-state index contributed by atoms with van der Waals surface area (Å²) >= 11 is 3.53. The molecule has 1 aliphatic heterocycles. The Labute approximate surface area is 176 Å². The average molecular weight is 414 g/mol. The topological polar surface area (TPSA) is 44.7 Å². The second-order valence-electron chi connectivity index (χ2n) is 6.62. The van der Waals surface area contributed by atoms with E-state index in [9.17, 15) is 4.79 Å². The molecule has 0 atom stereocenters. The molecule has 6 heteroatoms. The lowest BCUT2D eigenvalue weighted by Crippen LogP contribution is -2.35. The summed E-state index contributed by atoms with van der Waals surface area (Å²) in [5, 5.41) is 3.09. The fraction of sp³-hybridized carbons (Fsp3) is 0.364. The molecule has 3 rings (SSSR count). The van der Waals surface area contributed by atoms with Crippen LogP contribution >= 0.6 is 23.5 Å². The van der Waals surface area contributed by atoms with Gasteiger partial charge in [-0.2, -0.15) is 0 Å². The highest BCUT2D eigenvalue weighted by Gasteiger charge is 2.14. The van der Waals surface area contributed by atoms with Crippen molar-refractivity contribution < 1.29 is 4.79 Å². The molecule has 0 unspecified atom stereocenters. The van der Waals surface area contributed by atoms with Crippen molar-refractivity contribution in [3.8, 4) is 0 Å². The van der Waals surface area contributed by atoms with Crippen molar-refractivity contribution >= 4 is 39.5 Å². The quantitative estimate of drug-likeness (QED) is 0.688. The molecular formula is C22H27N3OS2. The van der Waals surface area contributed by atoms with E-state index in [0.717, 1.165) is 46.6 Å². The first-order valence-corrected chi connectivity index (χ1v) is 11.6. The first kappa shape index (κ1) is 20.8. The number of rotatable bonds is 8. The van der Waals surface area contributed by atoms with Crippen LogP contribution in [0.4, 0.5) is 5.69 Å². The van der Waals surface area contributed by atoms with Crippen LogP contribution in [-0.2, 0) is 5.75 Å². The molecule has 0 fully saturated rings. The highest BCUT2D eigenvalue weighted by atomic mass is 32.2. The van der Waals surface area contributed by atoms with Crippen molar-refractivity contribution in [2.75, 3.05) is 36.8 Å². The van der Waals surface area contributed by atoms with Crippen LogP contribution in [0.15, 0.2) is 53.5 Å². The summed E-state index contributed by atoms with van der Waals surface area (Å²) in [5.74, 6) is 1.84. The van der Waals surface area contributed by atoms with Crippen molar-refractivity contribution in [1.29, 1.82) is 0 Å². The fourth-order valence-electron chi connectivity index (χ4n) is 3.10. The normalized spacial score (nSPS) is 13.3. The zero-order chi connectivity index (χ0) is 19.8. The van der Waals surface area contributed by atoms with Gasteiger partial charge in [0.2, 0.25) is 0 Å². The van der Waals surface area contributed by atoms with Crippen molar-refractivity contribution in [3.05, 3.63) is 65.2 Å². The number of likely N-dealkylation sites (N-methyl/N-ethyl adjacent to an activating group) is 1. The Morgan fingerprint density at radius 2 is 2.11 bits per heavy atom. The van der Waals surface area contributed by atoms with Crippen molar-refractivity contribution in [3.63, 3.8) is 0 Å². The maximum Gasteiger partial charge on any atom is 0.251 e. The number of hydrogen-bond donors (Lipinski definition) is 1. The van der Waals surface area contributed by atoms with Crippen LogP contribution in [0.3, 0.4) is 0 Å². The Kier molecular flexibility index (Phi) is 7.86. The Hall–Kier alpha value is -1.92. The number of carbonyl (C=O) groups is 1. The van der Waals surface area contributed by atoms with Crippen LogP contribution in [-0.4, -0.2) is 42.2 Å². The largest absolute Gasteiger partial charge is 0.370 e. The molecule has 0 saturated heterocycles. The van der Waals surface area contributed by atoms with Gasteiger partial charge in [-0.15, -0.1) is 0 Å². The Bertz CT molecular complexity index is 838. The van der Waals surface area contributed by atoms with Gasteiger partial charge in [-0.25, -0.2) is 0 Å². The number of aliphatic imine (C=N–C) groups is 1. The molecule has 0 spiro atoms. The standard InChI is InChI=1S/C22H27N3OS2/c1-3-25(19-9-6-7-17(2)15-19)13-11-23-21(26)20-10-5-4-8-18(20)16-28-22-24-12-14-27-22/h4-10,15H,3,11-14,16H2,1-2H3,(H,23,26). The summed E-state index contributed by atoms with van der Waals surface area (Å²) < 4.78 is 1.13.